The van der Waals surface area contributed by atoms with Crippen LogP contribution in [0.15, 0.2) is 18.2 Å². The Morgan fingerprint density at radius 1 is 1.33 bits per heavy atom. The van der Waals surface area contributed by atoms with Gasteiger partial charge < -0.3 is 14.8 Å². The minimum absolute atomic E-state index is 0.0243. The van der Waals surface area contributed by atoms with Gasteiger partial charge in [0, 0.05) is 30.0 Å². The van der Waals surface area contributed by atoms with Gasteiger partial charge in [-0.1, -0.05) is 0 Å². The van der Waals surface area contributed by atoms with E-state index >= 15 is 0 Å². The van der Waals surface area contributed by atoms with E-state index in [1.807, 2.05) is 0 Å². The summed E-state index contributed by atoms with van der Waals surface area (Å²) >= 11 is 1.57. The fourth-order valence-electron chi connectivity index (χ4n) is 2.25. The topological polar surface area (TPSA) is 43.4 Å². The summed E-state index contributed by atoms with van der Waals surface area (Å²) in [6.45, 7) is -1.16. The van der Waals surface area contributed by atoms with E-state index in [2.05, 4.69) is 15.0 Å². The van der Waals surface area contributed by atoms with Crippen LogP contribution in [-0.4, -0.2) is 25.3 Å². The molecule has 1 N–H and O–H groups in total. The second kappa shape index (κ2) is 5.95. The first kappa shape index (κ1) is 14.2. The van der Waals surface area contributed by atoms with E-state index in [9.17, 15) is 8.78 Å². The van der Waals surface area contributed by atoms with Gasteiger partial charge in [0.1, 0.15) is 5.01 Å². The Hall–Kier alpha value is -1.73. The molecule has 0 fully saturated rings. The van der Waals surface area contributed by atoms with Gasteiger partial charge in [-0.25, -0.2) is 4.98 Å². The molecule has 1 aromatic carbocycles. The fraction of sp³-hybridized carbons (Fsp3) is 0.357. The largest absolute Gasteiger partial charge is 0.493 e. The van der Waals surface area contributed by atoms with E-state index in [1.165, 1.54) is 12.0 Å². The number of halogens is 2. The highest BCUT2D eigenvalue weighted by molar-refractivity contribution is 7.15. The second-order valence-electron chi connectivity index (χ2n) is 4.56. The van der Waals surface area contributed by atoms with Gasteiger partial charge in [-0.3, -0.25) is 0 Å². The normalized spacial score (nSPS) is 14.1. The van der Waals surface area contributed by atoms with Gasteiger partial charge in [0.2, 0.25) is 0 Å². The first-order valence-electron chi connectivity index (χ1n) is 6.50. The van der Waals surface area contributed by atoms with Gasteiger partial charge >= 0.3 is 6.61 Å². The third-order valence-electron chi connectivity index (χ3n) is 3.23. The summed E-state index contributed by atoms with van der Waals surface area (Å²) in [7, 11) is 1.42. The van der Waals surface area contributed by atoms with Crippen LogP contribution in [0.1, 0.15) is 10.6 Å². The predicted molar refractivity (Wildman–Crippen MR) is 76.1 cm³/mol. The first-order valence-corrected chi connectivity index (χ1v) is 7.31. The smallest absolute Gasteiger partial charge is 0.387 e. The Morgan fingerprint density at radius 2 is 2.19 bits per heavy atom. The van der Waals surface area contributed by atoms with Crippen molar-refractivity contribution in [2.45, 2.75) is 19.6 Å². The molecule has 0 aliphatic carbocycles. The average Bonchev–Trinajstić information content (AvgIpc) is 2.90. The number of hydrogen-bond acceptors (Lipinski definition) is 5. The lowest BCUT2D eigenvalue weighted by Gasteiger charge is -2.10. The molecule has 1 aliphatic heterocycles. The molecule has 0 saturated carbocycles. The molecule has 2 aromatic rings. The Morgan fingerprint density at radius 3 is 2.90 bits per heavy atom. The molecule has 0 bridgehead atoms. The molecule has 1 aromatic heterocycles. The number of thiazole rings is 1. The number of hydrogen-bond donors (Lipinski definition) is 1. The Balaban J connectivity index is 1.96. The molecule has 0 spiro atoms. The molecule has 4 nitrogen and oxygen atoms in total. The van der Waals surface area contributed by atoms with Crippen molar-refractivity contribution >= 4 is 11.3 Å². The highest BCUT2D eigenvalue weighted by Gasteiger charge is 2.18. The summed E-state index contributed by atoms with van der Waals surface area (Å²) in [6, 6.07) is 4.96. The van der Waals surface area contributed by atoms with Crippen molar-refractivity contribution in [3.8, 4) is 22.1 Å². The summed E-state index contributed by atoms with van der Waals surface area (Å²) in [5, 5.41) is 4.10. The van der Waals surface area contributed by atoms with Gasteiger partial charge in [-0.15, -0.1) is 11.3 Å². The first-order chi connectivity index (χ1) is 10.2. The molecule has 0 atom stereocenters. The highest BCUT2D eigenvalue weighted by atomic mass is 32.1. The summed E-state index contributed by atoms with van der Waals surface area (Å²) in [5.41, 5.74) is 1.84. The van der Waals surface area contributed by atoms with Crippen LogP contribution in [0.2, 0.25) is 0 Å². The molecule has 21 heavy (non-hydrogen) atoms. The van der Waals surface area contributed by atoms with E-state index in [1.54, 1.807) is 29.5 Å². The van der Waals surface area contributed by atoms with Gasteiger partial charge in [-0.05, 0) is 18.2 Å². The number of nitrogens with one attached hydrogen (secondary N) is 1. The van der Waals surface area contributed by atoms with Crippen LogP contribution in [0.5, 0.6) is 11.5 Å². The fourth-order valence-corrected chi connectivity index (χ4v) is 3.32. The second-order valence-corrected chi connectivity index (χ2v) is 5.64. The van der Waals surface area contributed by atoms with Crippen molar-refractivity contribution < 1.29 is 18.3 Å². The van der Waals surface area contributed by atoms with Crippen molar-refractivity contribution in [3.05, 3.63) is 28.8 Å². The van der Waals surface area contributed by atoms with Crippen LogP contribution in [-0.2, 0) is 13.0 Å². The number of alkyl halides is 2. The van der Waals surface area contributed by atoms with Crippen molar-refractivity contribution in [2.24, 2.45) is 0 Å². The molecular formula is C14H14F2N2O2S. The number of rotatable bonds is 4. The van der Waals surface area contributed by atoms with E-state index < -0.39 is 6.61 Å². The average molecular weight is 312 g/mol. The lowest BCUT2D eigenvalue weighted by molar-refractivity contribution is -0.0511. The van der Waals surface area contributed by atoms with E-state index in [4.69, 9.17) is 4.74 Å². The maximum atomic E-state index is 12.5. The van der Waals surface area contributed by atoms with Crippen LogP contribution < -0.4 is 14.8 Å². The van der Waals surface area contributed by atoms with E-state index in [0.717, 1.165) is 35.8 Å². The quantitative estimate of drug-likeness (QED) is 0.942. The number of methoxy groups -OCH3 is 1. The lowest BCUT2D eigenvalue weighted by Crippen LogP contribution is -2.22. The lowest BCUT2D eigenvalue weighted by atomic mass is 10.2. The molecule has 112 valence electrons. The summed E-state index contributed by atoms with van der Waals surface area (Å²) < 4.78 is 34.5. The Bertz CT molecular complexity index is 622. The Kier molecular flexibility index (Phi) is 4.03. The van der Waals surface area contributed by atoms with Crippen LogP contribution in [0.25, 0.3) is 10.6 Å². The van der Waals surface area contributed by atoms with Gasteiger partial charge in [0.25, 0.3) is 0 Å². The molecule has 7 heteroatoms. The van der Waals surface area contributed by atoms with Crippen molar-refractivity contribution in [2.75, 3.05) is 13.7 Å². The standard InChI is InChI=1S/C14H14F2N2O2S/c1-19-10-3-2-8(6-11(10)20-14(15)16)13-18-9-4-5-17-7-12(9)21-13/h2-3,6,14,17H,4-5,7H2,1H3. The summed E-state index contributed by atoms with van der Waals surface area (Å²) in [6.07, 6.45) is 0.891. The molecule has 0 unspecified atom stereocenters. The molecule has 1 aliphatic rings. The van der Waals surface area contributed by atoms with Gasteiger partial charge in [0.05, 0.1) is 12.8 Å². The molecule has 0 radical (unpaired) electrons. The van der Waals surface area contributed by atoms with E-state index in [-0.39, 0.29) is 11.5 Å². The Labute approximate surface area is 124 Å². The summed E-state index contributed by atoms with van der Waals surface area (Å²) in [5.74, 6) is 0.304. The minimum Gasteiger partial charge on any atom is -0.493 e. The van der Waals surface area contributed by atoms with Gasteiger partial charge in [-0.2, -0.15) is 8.78 Å². The van der Waals surface area contributed by atoms with Crippen molar-refractivity contribution in [3.63, 3.8) is 0 Å². The SMILES string of the molecule is COc1ccc(-c2nc3c(s2)CNCC3)cc1OC(F)F. The zero-order valence-corrected chi connectivity index (χ0v) is 12.2. The van der Waals surface area contributed by atoms with Crippen LogP contribution in [0.4, 0.5) is 8.78 Å². The minimum atomic E-state index is -2.89. The number of benzene rings is 1. The van der Waals surface area contributed by atoms with Crippen molar-refractivity contribution in [1.82, 2.24) is 10.3 Å². The zero-order valence-electron chi connectivity index (χ0n) is 11.4. The molecule has 3 rings (SSSR count). The molecule has 0 amide bonds. The van der Waals surface area contributed by atoms with E-state index in [0.29, 0.717) is 0 Å². The molecule has 0 saturated heterocycles. The van der Waals surface area contributed by atoms with Crippen LogP contribution in [0, 0.1) is 0 Å². The van der Waals surface area contributed by atoms with Gasteiger partial charge in [0.15, 0.2) is 11.5 Å². The van der Waals surface area contributed by atoms with Crippen molar-refractivity contribution in [1.29, 1.82) is 0 Å². The third-order valence-corrected chi connectivity index (χ3v) is 4.38. The number of fused-ring (bicyclic) bond motifs is 1. The number of nitrogens with zero attached hydrogens (tertiary/aromatic N) is 1. The monoisotopic (exact) mass is 312 g/mol. The maximum Gasteiger partial charge on any atom is 0.387 e. The third kappa shape index (κ3) is 2.98. The van der Waals surface area contributed by atoms with Crippen LogP contribution >= 0.6 is 11.3 Å². The number of aromatic nitrogens is 1. The zero-order chi connectivity index (χ0) is 14.8. The predicted octanol–water partition coefficient (Wildman–Crippen LogP) is 3.07. The number of ether oxygens (including phenoxy) is 2. The van der Waals surface area contributed by atoms with Crippen LogP contribution in [0.3, 0.4) is 0 Å². The molecule has 2 heterocycles. The maximum absolute atomic E-state index is 12.5. The summed E-state index contributed by atoms with van der Waals surface area (Å²) in [4.78, 5) is 5.79. The molecular weight excluding hydrogens is 298 g/mol. The highest BCUT2D eigenvalue weighted by Crippen LogP contribution is 2.36.